The molecule has 1 aromatic carbocycles. The molecule has 0 fully saturated rings. The molecule has 2 aromatic heterocycles. The highest BCUT2D eigenvalue weighted by atomic mass is 35.5. The standard InChI is InChI=1S/C19H17ClN2O4S2/c1-22(10-12-5-4-8-27-12)15(23)11-26-16(24)9-21-19(25)18-17(20)13-6-2-3-7-14(13)28-18/h2-8H,9-11H2,1H3,(H,21,25). The molecule has 0 aliphatic rings. The summed E-state index contributed by atoms with van der Waals surface area (Å²) in [7, 11) is 1.64. The van der Waals surface area contributed by atoms with Crippen molar-refractivity contribution in [1.29, 1.82) is 0 Å². The molecule has 3 rings (SSSR count). The Hall–Kier alpha value is -2.42. The summed E-state index contributed by atoms with van der Waals surface area (Å²) in [4.78, 5) is 39.0. The van der Waals surface area contributed by atoms with E-state index in [0.717, 1.165) is 15.0 Å². The van der Waals surface area contributed by atoms with E-state index in [4.69, 9.17) is 16.3 Å². The predicted molar refractivity (Wildman–Crippen MR) is 111 cm³/mol. The molecule has 0 atom stereocenters. The van der Waals surface area contributed by atoms with Gasteiger partial charge in [-0.05, 0) is 17.5 Å². The van der Waals surface area contributed by atoms with Crippen molar-refractivity contribution in [1.82, 2.24) is 10.2 Å². The van der Waals surface area contributed by atoms with Gasteiger partial charge in [0, 0.05) is 22.0 Å². The lowest BCUT2D eigenvalue weighted by Crippen LogP contribution is -2.34. The van der Waals surface area contributed by atoms with E-state index in [9.17, 15) is 14.4 Å². The van der Waals surface area contributed by atoms with Crippen molar-refractivity contribution in [2.45, 2.75) is 6.54 Å². The summed E-state index contributed by atoms with van der Waals surface area (Å²) in [6.07, 6.45) is 0. The van der Waals surface area contributed by atoms with Gasteiger partial charge in [0.05, 0.1) is 11.6 Å². The number of amides is 2. The van der Waals surface area contributed by atoms with Crippen LogP contribution in [0.3, 0.4) is 0 Å². The molecular weight excluding hydrogens is 420 g/mol. The van der Waals surface area contributed by atoms with Crippen molar-refractivity contribution >= 4 is 62.1 Å². The van der Waals surface area contributed by atoms with Crippen LogP contribution in [0.25, 0.3) is 10.1 Å². The molecular formula is C19H17ClN2O4S2. The molecule has 2 heterocycles. The fourth-order valence-electron chi connectivity index (χ4n) is 2.42. The van der Waals surface area contributed by atoms with Gasteiger partial charge < -0.3 is 15.0 Å². The van der Waals surface area contributed by atoms with Gasteiger partial charge in [0.2, 0.25) is 0 Å². The van der Waals surface area contributed by atoms with Crippen LogP contribution in [0.15, 0.2) is 41.8 Å². The van der Waals surface area contributed by atoms with Crippen molar-refractivity contribution in [3.63, 3.8) is 0 Å². The first-order valence-electron chi connectivity index (χ1n) is 8.33. The third kappa shape index (κ3) is 4.89. The number of ether oxygens (including phenoxy) is 1. The number of nitrogens with one attached hydrogen (secondary N) is 1. The molecule has 1 N–H and O–H groups in total. The Morgan fingerprint density at radius 2 is 1.96 bits per heavy atom. The second kappa shape index (κ2) is 9.18. The first kappa shape index (κ1) is 20.3. The van der Waals surface area contributed by atoms with Crippen molar-refractivity contribution in [3.8, 4) is 0 Å². The summed E-state index contributed by atoms with van der Waals surface area (Å²) in [5.41, 5.74) is 0. The van der Waals surface area contributed by atoms with Crippen LogP contribution in [-0.4, -0.2) is 42.9 Å². The zero-order valence-corrected chi connectivity index (χ0v) is 17.3. The minimum absolute atomic E-state index is 0.319. The van der Waals surface area contributed by atoms with E-state index < -0.39 is 11.9 Å². The fraction of sp³-hybridized carbons (Fsp3) is 0.211. The zero-order valence-electron chi connectivity index (χ0n) is 14.9. The number of esters is 1. The summed E-state index contributed by atoms with van der Waals surface area (Å²) in [5.74, 6) is -1.46. The van der Waals surface area contributed by atoms with E-state index in [1.54, 1.807) is 18.4 Å². The van der Waals surface area contributed by atoms with Crippen LogP contribution in [0, 0.1) is 0 Å². The van der Waals surface area contributed by atoms with Crippen molar-refractivity contribution in [2.24, 2.45) is 0 Å². The number of halogens is 1. The molecule has 0 aliphatic carbocycles. The average Bonchev–Trinajstić information content (AvgIpc) is 3.32. The van der Waals surface area contributed by atoms with Crippen LogP contribution in [0.5, 0.6) is 0 Å². The van der Waals surface area contributed by atoms with E-state index >= 15 is 0 Å². The highest BCUT2D eigenvalue weighted by molar-refractivity contribution is 7.21. The van der Waals surface area contributed by atoms with Gasteiger partial charge in [0.25, 0.3) is 11.8 Å². The topological polar surface area (TPSA) is 75.7 Å². The third-order valence-corrected chi connectivity index (χ3v) is 6.43. The molecule has 9 heteroatoms. The number of carbonyl (C=O) groups excluding carboxylic acids is 3. The molecule has 2 amide bonds. The van der Waals surface area contributed by atoms with Gasteiger partial charge in [-0.1, -0.05) is 35.9 Å². The van der Waals surface area contributed by atoms with Gasteiger partial charge in [-0.2, -0.15) is 0 Å². The molecule has 6 nitrogen and oxygen atoms in total. The maximum atomic E-state index is 12.3. The van der Waals surface area contributed by atoms with Crippen LogP contribution in [0.2, 0.25) is 5.02 Å². The van der Waals surface area contributed by atoms with Crippen LogP contribution in [0.1, 0.15) is 14.5 Å². The van der Waals surface area contributed by atoms with E-state index in [0.29, 0.717) is 16.4 Å². The number of rotatable bonds is 7. The molecule has 0 bridgehead atoms. The normalized spacial score (nSPS) is 10.6. The molecule has 0 unspecified atom stereocenters. The molecule has 0 aliphatic heterocycles. The first-order chi connectivity index (χ1) is 13.5. The van der Waals surface area contributed by atoms with Gasteiger partial charge in [0.1, 0.15) is 11.4 Å². The lowest BCUT2D eigenvalue weighted by Gasteiger charge is -2.16. The number of carbonyl (C=O) groups is 3. The lowest BCUT2D eigenvalue weighted by atomic mass is 10.2. The smallest absolute Gasteiger partial charge is 0.325 e. The molecule has 0 spiro atoms. The molecule has 3 aromatic rings. The van der Waals surface area contributed by atoms with Crippen molar-refractivity contribution in [2.75, 3.05) is 20.2 Å². The summed E-state index contributed by atoms with van der Waals surface area (Å²) in [6, 6.07) is 11.2. The lowest BCUT2D eigenvalue weighted by molar-refractivity contribution is -0.150. The zero-order chi connectivity index (χ0) is 20.1. The quantitative estimate of drug-likeness (QED) is 0.575. The number of likely N-dealkylation sites (N-methyl/N-ethyl adjacent to an activating group) is 1. The minimum Gasteiger partial charge on any atom is -0.454 e. The van der Waals surface area contributed by atoms with E-state index in [2.05, 4.69) is 5.32 Å². The van der Waals surface area contributed by atoms with Crippen molar-refractivity contribution < 1.29 is 19.1 Å². The Morgan fingerprint density at radius 1 is 1.18 bits per heavy atom. The highest BCUT2D eigenvalue weighted by Crippen LogP contribution is 2.34. The summed E-state index contributed by atoms with van der Waals surface area (Å²) in [6.45, 7) is -0.263. The van der Waals surface area contributed by atoms with E-state index in [-0.39, 0.29) is 19.1 Å². The average molecular weight is 437 g/mol. The van der Waals surface area contributed by atoms with Crippen LogP contribution in [0.4, 0.5) is 0 Å². The Balaban J connectivity index is 1.46. The molecule has 0 radical (unpaired) electrons. The summed E-state index contributed by atoms with van der Waals surface area (Å²) in [5, 5.41) is 5.56. The van der Waals surface area contributed by atoms with E-state index in [1.165, 1.54) is 16.2 Å². The van der Waals surface area contributed by atoms with E-state index in [1.807, 2.05) is 41.8 Å². The largest absolute Gasteiger partial charge is 0.454 e. The number of nitrogens with zero attached hydrogens (tertiary/aromatic N) is 1. The Morgan fingerprint density at radius 3 is 2.68 bits per heavy atom. The maximum absolute atomic E-state index is 12.3. The highest BCUT2D eigenvalue weighted by Gasteiger charge is 2.18. The monoisotopic (exact) mass is 436 g/mol. The van der Waals surface area contributed by atoms with Gasteiger partial charge >= 0.3 is 5.97 Å². The SMILES string of the molecule is CN(Cc1cccs1)C(=O)COC(=O)CNC(=O)c1sc2ccccc2c1Cl. The minimum atomic E-state index is -0.691. The number of thiophene rings is 2. The molecule has 0 saturated carbocycles. The number of benzene rings is 1. The van der Waals surface area contributed by atoms with Gasteiger partial charge in [-0.15, -0.1) is 22.7 Å². The Kier molecular flexibility index (Phi) is 6.66. The Labute approximate surface area is 174 Å². The molecule has 0 saturated heterocycles. The Bertz CT molecular complexity index is 1000. The van der Waals surface area contributed by atoms with Gasteiger partial charge in [-0.25, -0.2) is 0 Å². The van der Waals surface area contributed by atoms with Gasteiger partial charge in [-0.3, -0.25) is 14.4 Å². The second-order valence-electron chi connectivity index (χ2n) is 5.91. The summed E-state index contributed by atoms with van der Waals surface area (Å²) >= 11 is 9.04. The van der Waals surface area contributed by atoms with Crippen molar-refractivity contribution in [3.05, 3.63) is 56.6 Å². The van der Waals surface area contributed by atoms with Gasteiger partial charge in [0.15, 0.2) is 6.61 Å². The number of fused-ring (bicyclic) bond motifs is 1. The fourth-order valence-corrected chi connectivity index (χ4v) is 4.61. The van der Waals surface area contributed by atoms with Crippen LogP contribution in [-0.2, 0) is 20.9 Å². The molecule has 146 valence electrons. The number of hydrogen-bond acceptors (Lipinski definition) is 6. The predicted octanol–water partition coefficient (Wildman–Crippen LogP) is 3.55. The molecule has 28 heavy (non-hydrogen) atoms. The number of hydrogen-bond donors (Lipinski definition) is 1. The summed E-state index contributed by atoms with van der Waals surface area (Å²) < 4.78 is 5.84. The first-order valence-corrected chi connectivity index (χ1v) is 10.4. The van der Waals surface area contributed by atoms with Crippen LogP contribution < -0.4 is 5.32 Å². The second-order valence-corrected chi connectivity index (χ2v) is 8.38. The third-order valence-electron chi connectivity index (χ3n) is 3.89. The maximum Gasteiger partial charge on any atom is 0.325 e. The van der Waals surface area contributed by atoms with Crippen LogP contribution >= 0.6 is 34.3 Å².